The number of non-ortho nitro benzene ring substituents is 1. The van der Waals surface area contributed by atoms with Gasteiger partial charge in [-0.25, -0.2) is 4.99 Å². The Kier molecular flexibility index (Phi) is 3.68. The molecule has 1 aliphatic rings. The molecule has 2 aromatic rings. The van der Waals surface area contributed by atoms with Crippen molar-refractivity contribution in [2.24, 2.45) is 16.5 Å². The fourth-order valence-electron chi connectivity index (χ4n) is 2.49. The minimum Gasteiger partial charge on any atom is -0.385 e. The van der Waals surface area contributed by atoms with Gasteiger partial charge in [-0.15, -0.1) is 0 Å². The smallest absolute Gasteiger partial charge is 0.271 e. The summed E-state index contributed by atoms with van der Waals surface area (Å²) in [5.74, 6) is 0.699. The summed E-state index contributed by atoms with van der Waals surface area (Å²) in [5, 5.41) is 11.0. The lowest BCUT2D eigenvalue weighted by molar-refractivity contribution is -0.384. The van der Waals surface area contributed by atoms with Crippen LogP contribution < -0.4 is 16.4 Å². The van der Waals surface area contributed by atoms with Gasteiger partial charge in [-0.1, -0.05) is 36.4 Å². The normalized spacial score (nSPS) is 17.4. The van der Waals surface area contributed by atoms with Crippen molar-refractivity contribution in [1.82, 2.24) is 0 Å². The van der Waals surface area contributed by atoms with Crippen molar-refractivity contribution in [3.8, 4) is 0 Å². The van der Waals surface area contributed by atoms with E-state index in [9.17, 15) is 10.1 Å². The summed E-state index contributed by atoms with van der Waals surface area (Å²) < 4.78 is 0. The maximum atomic E-state index is 11.0. The predicted molar refractivity (Wildman–Crippen MR) is 88.7 cm³/mol. The second kappa shape index (κ2) is 5.80. The van der Waals surface area contributed by atoms with Crippen LogP contribution in [0.25, 0.3) is 0 Å². The number of nitro benzene ring substituents is 1. The highest BCUT2D eigenvalue weighted by atomic mass is 16.6. The van der Waals surface area contributed by atoms with Gasteiger partial charge in [0.1, 0.15) is 11.7 Å². The number of anilines is 1. The molecule has 0 amide bonds. The molecule has 3 rings (SSSR count). The number of hydrogen-bond acceptors (Lipinski definition) is 6. The number of amidine groups is 1. The highest BCUT2D eigenvalue weighted by Gasteiger charge is 2.26. The van der Waals surface area contributed by atoms with E-state index in [4.69, 9.17) is 11.5 Å². The molecule has 0 spiro atoms. The Morgan fingerprint density at radius 1 is 1.09 bits per heavy atom. The van der Waals surface area contributed by atoms with Crippen molar-refractivity contribution >= 4 is 17.2 Å². The summed E-state index contributed by atoms with van der Waals surface area (Å²) >= 11 is 0. The van der Waals surface area contributed by atoms with Crippen molar-refractivity contribution in [2.45, 2.75) is 6.17 Å². The zero-order chi connectivity index (χ0) is 16.4. The largest absolute Gasteiger partial charge is 0.385 e. The van der Waals surface area contributed by atoms with Gasteiger partial charge < -0.3 is 16.4 Å². The van der Waals surface area contributed by atoms with Crippen LogP contribution in [0.15, 0.2) is 71.5 Å². The lowest BCUT2D eigenvalue weighted by atomic mass is 10.1. The van der Waals surface area contributed by atoms with E-state index < -0.39 is 11.1 Å². The van der Waals surface area contributed by atoms with Crippen molar-refractivity contribution in [3.63, 3.8) is 0 Å². The monoisotopic (exact) mass is 309 g/mol. The molecule has 0 aliphatic carbocycles. The summed E-state index contributed by atoms with van der Waals surface area (Å²) in [6.45, 7) is 0. The van der Waals surface area contributed by atoms with Crippen molar-refractivity contribution in [2.75, 3.05) is 4.90 Å². The second-order valence-corrected chi connectivity index (χ2v) is 5.05. The van der Waals surface area contributed by atoms with E-state index in [1.54, 1.807) is 17.0 Å². The van der Waals surface area contributed by atoms with Gasteiger partial charge in [-0.2, -0.15) is 0 Å². The Hall–Kier alpha value is -3.35. The molecule has 2 aromatic carbocycles. The Morgan fingerprint density at radius 3 is 2.52 bits per heavy atom. The van der Waals surface area contributed by atoms with Gasteiger partial charge in [0.25, 0.3) is 5.69 Å². The van der Waals surface area contributed by atoms with Gasteiger partial charge in [0.05, 0.1) is 10.6 Å². The Labute approximate surface area is 132 Å². The molecular weight excluding hydrogens is 294 g/mol. The molecule has 0 saturated carbocycles. The second-order valence-electron chi connectivity index (χ2n) is 5.05. The van der Waals surface area contributed by atoms with Crippen LogP contribution in [0.1, 0.15) is 11.7 Å². The third-order valence-corrected chi connectivity index (χ3v) is 3.51. The molecule has 0 unspecified atom stereocenters. The van der Waals surface area contributed by atoms with Crippen molar-refractivity contribution in [3.05, 3.63) is 82.2 Å². The Morgan fingerprint density at radius 2 is 1.83 bits per heavy atom. The summed E-state index contributed by atoms with van der Waals surface area (Å²) in [4.78, 5) is 16.7. The molecule has 7 heteroatoms. The molecule has 0 fully saturated rings. The molecular formula is C16H15N5O2. The van der Waals surface area contributed by atoms with Crippen LogP contribution >= 0.6 is 0 Å². The molecule has 7 nitrogen and oxygen atoms in total. The third kappa shape index (κ3) is 2.84. The van der Waals surface area contributed by atoms with E-state index in [0.29, 0.717) is 17.3 Å². The van der Waals surface area contributed by atoms with E-state index in [-0.39, 0.29) is 5.69 Å². The Balaban J connectivity index is 2.09. The summed E-state index contributed by atoms with van der Waals surface area (Å²) in [6.07, 6.45) is 1.07. The molecule has 1 heterocycles. The first-order valence-corrected chi connectivity index (χ1v) is 6.95. The fourth-order valence-corrected chi connectivity index (χ4v) is 2.49. The standard InChI is InChI=1S/C16H15N5O2/c17-14-10-15(18)20(12-7-4-8-13(9-12)21(22)23)16(19-14)11-5-2-1-3-6-11/h1-10,16H,18H2,(H2,17,19)/t16-/m0/s1. The number of nitro groups is 1. The molecule has 23 heavy (non-hydrogen) atoms. The SMILES string of the molecule is NC1=CC(N)=N[C@H](c2ccccc2)N1c1cccc([N+](=O)[O-])c1. The summed E-state index contributed by atoms with van der Waals surface area (Å²) in [5.41, 5.74) is 13.4. The van der Waals surface area contributed by atoms with E-state index in [1.165, 1.54) is 18.2 Å². The van der Waals surface area contributed by atoms with Crippen molar-refractivity contribution in [1.29, 1.82) is 0 Å². The maximum Gasteiger partial charge on any atom is 0.271 e. The topological polar surface area (TPSA) is 111 Å². The van der Waals surface area contributed by atoms with Gasteiger partial charge in [0.2, 0.25) is 0 Å². The highest BCUT2D eigenvalue weighted by Crippen LogP contribution is 2.34. The van der Waals surface area contributed by atoms with Crippen LogP contribution in [-0.2, 0) is 0 Å². The highest BCUT2D eigenvalue weighted by molar-refractivity contribution is 5.94. The van der Waals surface area contributed by atoms with Gasteiger partial charge in [0, 0.05) is 18.2 Å². The van der Waals surface area contributed by atoms with E-state index >= 15 is 0 Å². The van der Waals surface area contributed by atoms with E-state index in [0.717, 1.165) is 5.56 Å². The molecule has 0 bridgehead atoms. The van der Waals surface area contributed by atoms with E-state index in [2.05, 4.69) is 4.99 Å². The summed E-state index contributed by atoms with van der Waals surface area (Å²) in [7, 11) is 0. The molecule has 1 atom stereocenters. The van der Waals surface area contributed by atoms with Crippen LogP contribution in [-0.4, -0.2) is 10.8 Å². The fraction of sp³-hybridized carbons (Fsp3) is 0.0625. The van der Waals surface area contributed by atoms with Crippen LogP contribution in [0.5, 0.6) is 0 Å². The minimum absolute atomic E-state index is 0.00960. The average molecular weight is 309 g/mol. The first-order valence-electron chi connectivity index (χ1n) is 6.95. The Bertz CT molecular complexity index is 801. The van der Waals surface area contributed by atoms with E-state index in [1.807, 2.05) is 30.3 Å². The molecule has 1 aliphatic heterocycles. The quantitative estimate of drug-likeness (QED) is 0.667. The first kappa shape index (κ1) is 14.6. The molecule has 0 aromatic heterocycles. The lowest BCUT2D eigenvalue weighted by Crippen LogP contribution is -2.36. The lowest BCUT2D eigenvalue weighted by Gasteiger charge is -2.34. The van der Waals surface area contributed by atoms with Crippen LogP contribution in [0, 0.1) is 10.1 Å². The molecule has 4 N–H and O–H groups in total. The maximum absolute atomic E-state index is 11.0. The summed E-state index contributed by atoms with van der Waals surface area (Å²) in [6, 6.07) is 15.8. The minimum atomic E-state index is -0.469. The number of nitrogens with two attached hydrogens (primary N) is 2. The molecule has 116 valence electrons. The molecule has 0 saturated heterocycles. The first-order chi connectivity index (χ1) is 11.1. The van der Waals surface area contributed by atoms with Gasteiger partial charge in [0.15, 0.2) is 6.17 Å². The third-order valence-electron chi connectivity index (χ3n) is 3.51. The van der Waals surface area contributed by atoms with Crippen LogP contribution in [0.3, 0.4) is 0 Å². The number of hydrogen-bond donors (Lipinski definition) is 2. The zero-order valence-electron chi connectivity index (χ0n) is 12.2. The van der Waals surface area contributed by atoms with Crippen LogP contribution in [0.2, 0.25) is 0 Å². The number of rotatable bonds is 3. The van der Waals surface area contributed by atoms with Crippen LogP contribution in [0.4, 0.5) is 11.4 Å². The zero-order valence-corrected chi connectivity index (χ0v) is 12.2. The number of aliphatic imine (C=N–C) groups is 1. The predicted octanol–water partition coefficient (Wildman–Crippen LogP) is 2.27. The van der Waals surface area contributed by atoms with Gasteiger partial charge >= 0.3 is 0 Å². The molecule has 0 radical (unpaired) electrons. The van der Waals surface area contributed by atoms with Gasteiger partial charge in [-0.3, -0.25) is 10.1 Å². The average Bonchev–Trinajstić information content (AvgIpc) is 2.55. The number of nitrogens with zero attached hydrogens (tertiary/aromatic N) is 3. The van der Waals surface area contributed by atoms with Crippen molar-refractivity contribution < 1.29 is 4.92 Å². The van der Waals surface area contributed by atoms with Gasteiger partial charge in [-0.05, 0) is 11.6 Å². The number of benzene rings is 2.